The molecule has 0 radical (unpaired) electrons. The van der Waals surface area contributed by atoms with Crippen molar-refractivity contribution >= 4 is 17.3 Å². The number of nitrogens with one attached hydrogen (secondary N) is 1. The summed E-state index contributed by atoms with van der Waals surface area (Å²) in [5.74, 6) is 0.856. The second-order valence-electron chi connectivity index (χ2n) is 5.37. The van der Waals surface area contributed by atoms with E-state index in [1.165, 1.54) is 17.7 Å². The van der Waals surface area contributed by atoms with Gasteiger partial charge in [-0.15, -0.1) is 0 Å². The van der Waals surface area contributed by atoms with E-state index in [1.807, 2.05) is 4.90 Å². The fraction of sp³-hybridized carbons (Fsp3) is 0.533. The van der Waals surface area contributed by atoms with Crippen LogP contribution in [0.5, 0.6) is 0 Å². The van der Waals surface area contributed by atoms with Crippen LogP contribution in [0.25, 0.3) is 0 Å². The fourth-order valence-corrected chi connectivity index (χ4v) is 2.34. The maximum Gasteiger partial charge on any atom is 0.223 e. The van der Waals surface area contributed by atoms with Gasteiger partial charge in [0.05, 0.1) is 0 Å². The van der Waals surface area contributed by atoms with E-state index in [0.717, 1.165) is 31.1 Å². The first-order valence-electron chi connectivity index (χ1n) is 6.73. The van der Waals surface area contributed by atoms with Crippen LogP contribution in [0.15, 0.2) is 18.2 Å². The van der Waals surface area contributed by atoms with Crippen LogP contribution in [0.3, 0.4) is 0 Å². The smallest absolute Gasteiger partial charge is 0.223 e. The average molecular weight is 246 g/mol. The van der Waals surface area contributed by atoms with Gasteiger partial charge in [0.2, 0.25) is 5.91 Å². The maximum atomic E-state index is 11.5. The van der Waals surface area contributed by atoms with Crippen molar-refractivity contribution in [3.05, 3.63) is 23.8 Å². The molecule has 1 heterocycles. The van der Waals surface area contributed by atoms with Gasteiger partial charge in [0.1, 0.15) is 0 Å². The van der Waals surface area contributed by atoms with Crippen molar-refractivity contribution in [1.29, 1.82) is 0 Å². The normalized spacial score (nSPS) is 13.9. The Kier molecular flexibility index (Phi) is 3.90. The Hall–Kier alpha value is -1.51. The van der Waals surface area contributed by atoms with Crippen molar-refractivity contribution in [2.45, 2.75) is 33.6 Å². The second-order valence-corrected chi connectivity index (χ2v) is 5.37. The van der Waals surface area contributed by atoms with E-state index < -0.39 is 0 Å². The van der Waals surface area contributed by atoms with Crippen molar-refractivity contribution in [3.63, 3.8) is 0 Å². The molecule has 1 N–H and O–H groups in total. The van der Waals surface area contributed by atoms with Crippen LogP contribution >= 0.6 is 0 Å². The zero-order valence-electron chi connectivity index (χ0n) is 11.5. The zero-order chi connectivity index (χ0) is 13.1. The lowest BCUT2D eigenvalue weighted by Crippen LogP contribution is -2.25. The van der Waals surface area contributed by atoms with Crippen molar-refractivity contribution in [3.8, 4) is 0 Å². The number of fused-ring (bicyclic) bond motifs is 1. The minimum atomic E-state index is 0.134. The van der Waals surface area contributed by atoms with E-state index in [1.54, 1.807) is 6.92 Å². The van der Waals surface area contributed by atoms with Crippen LogP contribution in [0.2, 0.25) is 0 Å². The molecule has 3 heteroatoms. The molecule has 0 saturated carbocycles. The van der Waals surface area contributed by atoms with Crippen molar-refractivity contribution in [2.75, 3.05) is 23.3 Å². The van der Waals surface area contributed by atoms with Crippen LogP contribution in [0.4, 0.5) is 11.4 Å². The van der Waals surface area contributed by atoms with Crippen molar-refractivity contribution in [1.82, 2.24) is 0 Å². The highest BCUT2D eigenvalue weighted by atomic mass is 16.2. The van der Waals surface area contributed by atoms with Gasteiger partial charge in [0, 0.05) is 31.4 Å². The highest BCUT2D eigenvalue weighted by Crippen LogP contribution is 2.30. The Morgan fingerprint density at radius 1 is 1.44 bits per heavy atom. The molecule has 1 amide bonds. The largest absolute Gasteiger partial charge is 0.385 e. The molecule has 1 aliphatic rings. The number of anilines is 2. The first kappa shape index (κ1) is 12.9. The van der Waals surface area contributed by atoms with E-state index in [-0.39, 0.29) is 5.91 Å². The SMILES string of the molecule is CC(=O)N1CCc2cc(NCCC(C)C)ccc21. The lowest BCUT2D eigenvalue weighted by atomic mass is 10.1. The molecule has 0 unspecified atom stereocenters. The minimum absolute atomic E-state index is 0.134. The number of hydrogen-bond donors (Lipinski definition) is 1. The van der Waals surface area contributed by atoms with Gasteiger partial charge in [0.25, 0.3) is 0 Å². The lowest BCUT2D eigenvalue weighted by Gasteiger charge is -2.15. The van der Waals surface area contributed by atoms with E-state index in [4.69, 9.17) is 0 Å². The number of nitrogens with zero attached hydrogens (tertiary/aromatic N) is 1. The quantitative estimate of drug-likeness (QED) is 0.885. The van der Waals surface area contributed by atoms with Crippen LogP contribution in [0.1, 0.15) is 32.8 Å². The van der Waals surface area contributed by atoms with E-state index in [0.29, 0.717) is 0 Å². The van der Waals surface area contributed by atoms with Gasteiger partial charge in [-0.25, -0.2) is 0 Å². The number of benzene rings is 1. The summed E-state index contributed by atoms with van der Waals surface area (Å²) >= 11 is 0. The molecule has 0 saturated heterocycles. The molecule has 18 heavy (non-hydrogen) atoms. The molecule has 3 nitrogen and oxygen atoms in total. The minimum Gasteiger partial charge on any atom is -0.385 e. The molecule has 0 aromatic heterocycles. The van der Waals surface area contributed by atoms with Crippen LogP contribution in [-0.4, -0.2) is 19.0 Å². The summed E-state index contributed by atoms with van der Waals surface area (Å²) in [5, 5.41) is 3.45. The van der Waals surface area contributed by atoms with Crippen LogP contribution in [0, 0.1) is 5.92 Å². The second kappa shape index (κ2) is 5.42. The Bertz CT molecular complexity index is 440. The predicted molar refractivity (Wildman–Crippen MR) is 76.1 cm³/mol. The number of carbonyl (C=O) groups excluding carboxylic acids is 1. The summed E-state index contributed by atoms with van der Waals surface area (Å²) in [7, 11) is 0. The lowest BCUT2D eigenvalue weighted by molar-refractivity contribution is -0.116. The zero-order valence-corrected chi connectivity index (χ0v) is 11.5. The summed E-state index contributed by atoms with van der Waals surface area (Å²) in [5.41, 5.74) is 3.52. The van der Waals surface area contributed by atoms with Crippen molar-refractivity contribution in [2.24, 2.45) is 5.92 Å². The van der Waals surface area contributed by atoms with Gasteiger partial charge in [-0.3, -0.25) is 4.79 Å². The topological polar surface area (TPSA) is 32.3 Å². The van der Waals surface area contributed by atoms with Gasteiger partial charge < -0.3 is 10.2 Å². The monoisotopic (exact) mass is 246 g/mol. The first-order valence-corrected chi connectivity index (χ1v) is 6.73. The maximum absolute atomic E-state index is 11.5. The number of rotatable bonds is 4. The standard InChI is InChI=1S/C15H22N2O/c1-11(2)6-8-16-14-4-5-15-13(10-14)7-9-17(15)12(3)18/h4-5,10-11,16H,6-9H2,1-3H3. The van der Waals surface area contributed by atoms with E-state index in [9.17, 15) is 4.79 Å². The van der Waals surface area contributed by atoms with Gasteiger partial charge in [-0.05, 0) is 42.5 Å². The van der Waals surface area contributed by atoms with Crippen LogP contribution in [-0.2, 0) is 11.2 Å². The molecule has 1 aliphatic heterocycles. The Morgan fingerprint density at radius 3 is 2.89 bits per heavy atom. The highest BCUT2D eigenvalue weighted by molar-refractivity contribution is 5.94. The molecular weight excluding hydrogens is 224 g/mol. The number of carbonyl (C=O) groups is 1. The Labute approximate surface area is 109 Å². The molecule has 1 aromatic rings. The molecule has 0 bridgehead atoms. The molecule has 0 fully saturated rings. The Balaban J connectivity index is 2.03. The van der Waals surface area contributed by atoms with Crippen molar-refractivity contribution < 1.29 is 4.79 Å². The first-order chi connectivity index (χ1) is 8.58. The van der Waals surface area contributed by atoms with Gasteiger partial charge >= 0.3 is 0 Å². The summed E-state index contributed by atoms with van der Waals surface area (Å²) in [6.45, 7) is 7.92. The molecular formula is C15H22N2O. The third-order valence-corrected chi connectivity index (χ3v) is 3.41. The van der Waals surface area contributed by atoms with E-state index in [2.05, 4.69) is 37.4 Å². The molecule has 0 aliphatic carbocycles. The molecule has 1 aromatic carbocycles. The molecule has 0 atom stereocenters. The van der Waals surface area contributed by atoms with Gasteiger partial charge in [-0.1, -0.05) is 13.8 Å². The summed E-state index contributed by atoms with van der Waals surface area (Å²) < 4.78 is 0. The number of amides is 1. The molecule has 98 valence electrons. The summed E-state index contributed by atoms with van der Waals surface area (Å²) in [6.07, 6.45) is 2.14. The van der Waals surface area contributed by atoms with Gasteiger partial charge in [0.15, 0.2) is 0 Å². The van der Waals surface area contributed by atoms with E-state index >= 15 is 0 Å². The summed E-state index contributed by atoms with van der Waals surface area (Å²) in [4.78, 5) is 13.3. The third kappa shape index (κ3) is 2.84. The summed E-state index contributed by atoms with van der Waals surface area (Å²) in [6, 6.07) is 6.31. The molecule has 2 rings (SSSR count). The fourth-order valence-electron chi connectivity index (χ4n) is 2.34. The van der Waals surface area contributed by atoms with Crippen LogP contribution < -0.4 is 10.2 Å². The highest BCUT2D eigenvalue weighted by Gasteiger charge is 2.21. The molecule has 0 spiro atoms. The van der Waals surface area contributed by atoms with Gasteiger partial charge in [-0.2, -0.15) is 0 Å². The Morgan fingerprint density at radius 2 is 2.22 bits per heavy atom. The number of hydrogen-bond acceptors (Lipinski definition) is 2. The third-order valence-electron chi connectivity index (χ3n) is 3.41. The predicted octanol–water partition coefficient (Wildman–Crippen LogP) is 3.05. The average Bonchev–Trinajstić information content (AvgIpc) is 2.71.